The van der Waals surface area contributed by atoms with Gasteiger partial charge in [-0.3, -0.25) is 4.98 Å². The quantitative estimate of drug-likeness (QED) is 0.686. The maximum Gasteiger partial charge on any atom is 0.417 e. The second kappa shape index (κ2) is 6.76. The molecule has 0 fully saturated rings. The first-order chi connectivity index (χ1) is 8.49. The Bertz CT molecular complexity index is 360. The highest BCUT2D eigenvalue weighted by Gasteiger charge is 2.31. The van der Waals surface area contributed by atoms with Crippen LogP contribution in [0.1, 0.15) is 63.0 Å². The van der Waals surface area contributed by atoms with Crippen molar-refractivity contribution in [3.05, 3.63) is 29.6 Å². The Balaban J connectivity index is 2.90. The molecular formula is C14H20F3N. The lowest BCUT2D eigenvalue weighted by molar-refractivity contribution is -0.137. The van der Waals surface area contributed by atoms with Crippen LogP contribution in [0.3, 0.4) is 0 Å². The molecule has 4 heteroatoms. The van der Waals surface area contributed by atoms with Gasteiger partial charge < -0.3 is 0 Å². The van der Waals surface area contributed by atoms with E-state index in [4.69, 9.17) is 0 Å². The van der Waals surface area contributed by atoms with Gasteiger partial charge in [0.15, 0.2) is 0 Å². The summed E-state index contributed by atoms with van der Waals surface area (Å²) in [5, 5.41) is 0. The van der Waals surface area contributed by atoms with Crippen molar-refractivity contribution in [3.63, 3.8) is 0 Å². The summed E-state index contributed by atoms with van der Waals surface area (Å²) in [5.74, 6) is 0.199. The van der Waals surface area contributed by atoms with Gasteiger partial charge in [-0.25, -0.2) is 0 Å². The number of hydrogen-bond acceptors (Lipinski definition) is 1. The Labute approximate surface area is 106 Å². The normalized spacial score (nSPS) is 13.6. The molecule has 18 heavy (non-hydrogen) atoms. The first-order valence-electron chi connectivity index (χ1n) is 6.51. The third-order valence-electron chi connectivity index (χ3n) is 3.10. The molecule has 1 aromatic heterocycles. The van der Waals surface area contributed by atoms with E-state index in [1.807, 2.05) is 0 Å². The summed E-state index contributed by atoms with van der Waals surface area (Å²) in [6.45, 7) is 4.15. The summed E-state index contributed by atoms with van der Waals surface area (Å²) >= 11 is 0. The molecule has 0 bridgehead atoms. The molecule has 0 saturated heterocycles. The zero-order valence-electron chi connectivity index (χ0n) is 10.9. The maximum absolute atomic E-state index is 12.6. The van der Waals surface area contributed by atoms with E-state index in [1.54, 1.807) is 6.20 Å². The van der Waals surface area contributed by atoms with Crippen molar-refractivity contribution in [3.8, 4) is 0 Å². The molecule has 0 saturated carbocycles. The van der Waals surface area contributed by atoms with Gasteiger partial charge >= 0.3 is 6.18 Å². The van der Waals surface area contributed by atoms with Crippen molar-refractivity contribution in [2.45, 2.75) is 58.0 Å². The minimum atomic E-state index is -4.30. The van der Waals surface area contributed by atoms with Gasteiger partial charge in [0.2, 0.25) is 0 Å². The van der Waals surface area contributed by atoms with Crippen molar-refractivity contribution < 1.29 is 13.2 Å². The molecule has 0 N–H and O–H groups in total. The Hall–Kier alpha value is -1.06. The lowest BCUT2D eigenvalue weighted by atomic mass is 9.90. The van der Waals surface area contributed by atoms with Gasteiger partial charge in [-0.2, -0.15) is 13.2 Å². The minimum absolute atomic E-state index is 0.199. The molecule has 102 valence electrons. The number of aromatic nitrogens is 1. The molecule has 1 heterocycles. The van der Waals surface area contributed by atoms with E-state index >= 15 is 0 Å². The van der Waals surface area contributed by atoms with Crippen LogP contribution in [0.25, 0.3) is 0 Å². The molecule has 0 amide bonds. The summed E-state index contributed by atoms with van der Waals surface area (Å²) in [6.07, 6.45) is 3.11. The van der Waals surface area contributed by atoms with Crippen LogP contribution in [0.2, 0.25) is 0 Å². The van der Waals surface area contributed by atoms with Crippen LogP contribution in [0.4, 0.5) is 13.2 Å². The van der Waals surface area contributed by atoms with Gasteiger partial charge in [0, 0.05) is 12.4 Å². The SMILES string of the molecule is CCCCC(CCC)c1cncc(C(F)(F)F)c1. The van der Waals surface area contributed by atoms with E-state index in [2.05, 4.69) is 18.8 Å². The predicted octanol–water partition coefficient (Wildman–Crippen LogP) is 5.17. The molecule has 0 radical (unpaired) electrons. The monoisotopic (exact) mass is 259 g/mol. The highest BCUT2D eigenvalue weighted by Crippen LogP contribution is 2.33. The highest BCUT2D eigenvalue weighted by atomic mass is 19.4. The molecule has 0 aromatic carbocycles. The van der Waals surface area contributed by atoms with Crippen LogP contribution < -0.4 is 0 Å². The van der Waals surface area contributed by atoms with Crippen LogP contribution in [0.5, 0.6) is 0 Å². The first kappa shape index (κ1) is 15.0. The predicted molar refractivity (Wildman–Crippen MR) is 66.4 cm³/mol. The zero-order valence-corrected chi connectivity index (χ0v) is 10.9. The number of nitrogens with zero attached hydrogens (tertiary/aromatic N) is 1. The number of alkyl halides is 3. The fourth-order valence-corrected chi connectivity index (χ4v) is 2.11. The van der Waals surface area contributed by atoms with E-state index in [-0.39, 0.29) is 5.92 Å². The number of halogens is 3. The second-order valence-electron chi connectivity index (χ2n) is 4.63. The van der Waals surface area contributed by atoms with Gasteiger partial charge in [0.05, 0.1) is 5.56 Å². The molecule has 0 aliphatic carbocycles. The van der Waals surface area contributed by atoms with Gasteiger partial charge in [0.25, 0.3) is 0 Å². The third-order valence-corrected chi connectivity index (χ3v) is 3.10. The Morgan fingerprint density at radius 3 is 2.39 bits per heavy atom. The number of pyridine rings is 1. The number of rotatable bonds is 6. The van der Waals surface area contributed by atoms with Crippen LogP contribution in [0, 0.1) is 0 Å². The standard InChI is InChI=1S/C14H20F3N/c1-3-5-7-11(6-4-2)12-8-13(10-18-9-12)14(15,16)17/h8-11H,3-7H2,1-2H3. The summed E-state index contributed by atoms with van der Waals surface area (Å²) in [7, 11) is 0. The van der Waals surface area contributed by atoms with Gasteiger partial charge in [-0.15, -0.1) is 0 Å². The van der Waals surface area contributed by atoms with E-state index in [0.29, 0.717) is 0 Å². The molecule has 1 rings (SSSR count). The van der Waals surface area contributed by atoms with E-state index in [1.165, 1.54) is 6.07 Å². The summed E-state index contributed by atoms with van der Waals surface area (Å²) in [4.78, 5) is 3.74. The third kappa shape index (κ3) is 4.31. The largest absolute Gasteiger partial charge is 0.417 e. The lowest BCUT2D eigenvalue weighted by Crippen LogP contribution is -2.08. The van der Waals surface area contributed by atoms with Crippen LogP contribution in [-0.4, -0.2) is 4.98 Å². The van der Waals surface area contributed by atoms with Crippen LogP contribution >= 0.6 is 0 Å². The average molecular weight is 259 g/mol. The van der Waals surface area contributed by atoms with Crippen molar-refractivity contribution in [1.29, 1.82) is 0 Å². The summed E-state index contributed by atoms with van der Waals surface area (Å²) in [5.41, 5.74) is 0.0812. The Kier molecular flexibility index (Phi) is 5.63. The fraction of sp³-hybridized carbons (Fsp3) is 0.643. The van der Waals surface area contributed by atoms with Crippen LogP contribution in [-0.2, 0) is 6.18 Å². The molecule has 1 unspecified atom stereocenters. The van der Waals surface area contributed by atoms with Crippen LogP contribution in [0.15, 0.2) is 18.5 Å². The van der Waals surface area contributed by atoms with E-state index in [0.717, 1.165) is 43.9 Å². The molecule has 1 nitrogen and oxygen atoms in total. The van der Waals surface area contributed by atoms with Gasteiger partial charge in [0.1, 0.15) is 0 Å². The molecule has 1 atom stereocenters. The topological polar surface area (TPSA) is 12.9 Å². The zero-order chi connectivity index (χ0) is 13.6. The Morgan fingerprint density at radius 2 is 1.83 bits per heavy atom. The van der Waals surface area contributed by atoms with E-state index in [9.17, 15) is 13.2 Å². The number of unbranched alkanes of at least 4 members (excludes halogenated alkanes) is 1. The smallest absolute Gasteiger partial charge is 0.264 e. The van der Waals surface area contributed by atoms with Crippen molar-refractivity contribution in [2.75, 3.05) is 0 Å². The first-order valence-corrected chi connectivity index (χ1v) is 6.51. The van der Waals surface area contributed by atoms with Gasteiger partial charge in [-0.1, -0.05) is 33.1 Å². The number of hydrogen-bond donors (Lipinski definition) is 0. The molecule has 0 aliphatic rings. The molecule has 0 spiro atoms. The fourth-order valence-electron chi connectivity index (χ4n) is 2.11. The molecule has 1 aromatic rings. The molecular weight excluding hydrogens is 239 g/mol. The highest BCUT2D eigenvalue weighted by molar-refractivity contribution is 5.23. The van der Waals surface area contributed by atoms with E-state index < -0.39 is 11.7 Å². The van der Waals surface area contributed by atoms with Crippen molar-refractivity contribution >= 4 is 0 Å². The van der Waals surface area contributed by atoms with Crippen molar-refractivity contribution in [2.24, 2.45) is 0 Å². The van der Waals surface area contributed by atoms with Gasteiger partial charge in [-0.05, 0) is 30.4 Å². The second-order valence-corrected chi connectivity index (χ2v) is 4.63. The van der Waals surface area contributed by atoms with Crippen molar-refractivity contribution in [1.82, 2.24) is 4.98 Å². The Morgan fingerprint density at radius 1 is 1.11 bits per heavy atom. The molecule has 0 aliphatic heterocycles. The summed E-state index contributed by atoms with van der Waals surface area (Å²) in [6, 6.07) is 1.25. The summed E-state index contributed by atoms with van der Waals surface area (Å²) < 4.78 is 37.9. The lowest BCUT2D eigenvalue weighted by Gasteiger charge is -2.17. The maximum atomic E-state index is 12.6. The average Bonchev–Trinajstić information content (AvgIpc) is 2.33. The minimum Gasteiger partial charge on any atom is -0.264 e.